The first-order valence-corrected chi connectivity index (χ1v) is 7.15. The molecule has 1 atom stereocenters. The number of amides is 1. The maximum Gasteiger partial charge on any atom is 0.224 e. The molecule has 18 heavy (non-hydrogen) atoms. The second-order valence-electron chi connectivity index (χ2n) is 4.69. The largest absolute Gasteiger partial charge is 0.387 e. The Morgan fingerprint density at radius 2 is 2.22 bits per heavy atom. The molecule has 2 N–H and O–H groups in total. The number of hydrogen-bond donors (Lipinski definition) is 2. The van der Waals surface area contributed by atoms with Crippen molar-refractivity contribution >= 4 is 17.7 Å². The van der Waals surface area contributed by atoms with E-state index >= 15 is 0 Å². The molecule has 1 rings (SSSR count). The highest BCUT2D eigenvalue weighted by molar-refractivity contribution is 7.98. The van der Waals surface area contributed by atoms with Crippen LogP contribution in [0.15, 0.2) is 4.52 Å². The zero-order valence-electron chi connectivity index (χ0n) is 11.2. The van der Waals surface area contributed by atoms with Crippen LogP contribution in [-0.4, -0.2) is 40.3 Å². The van der Waals surface area contributed by atoms with Crippen LogP contribution in [0.25, 0.3) is 0 Å². The number of carbonyl (C=O) groups excluding carboxylic acids is 1. The molecule has 0 radical (unpaired) electrons. The molecule has 0 aliphatic rings. The average molecular weight is 272 g/mol. The van der Waals surface area contributed by atoms with Crippen LogP contribution in [0, 0.1) is 13.8 Å². The van der Waals surface area contributed by atoms with Gasteiger partial charge in [-0.05, 0) is 27.0 Å². The number of rotatable bonds is 6. The Kier molecular flexibility index (Phi) is 5.22. The summed E-state index contributed by atoms with van der Waals surface area (Å²) in [7, 11) is 0. The van der Waals surface area contributed by atoms with Crippen LogP contribution in [0.2, 0.25) is 0 Å². The van der Waals surface area contributed by atoms with E-state index in [0.717, 1.165) is 11.3 Å². The molecule has 1 aromatic rings. The van der Waals surface area contributed by atoms with Gasteiger partial charge in [0.15, 0.2) is 0 Å². The number of nitrogens with one attached hydrogen (secondary N) is 1. The van der Waals surface area contributed by atoms with Crippen molar-refractivity contribution in [2.45, 2.75) is 32.8 Å². The fraction of sp³-hybridized carbons (Fsp3) is 0.667. The fourth-order valence-electron chi connectivity index (χ4n) is 1.63. The summed E-state index contributed by atoms with van der Waals surface area (Å²) in [5, 5.41) is 16.5. The zero-order chi connectivity index (χ0) is 13.8. The summed E-state index contributed by atoms with van der Waals surface area (Å²) in [5.41, 5.74) is 0.670. The molecule has 0 saturated carbocycles. The summed E-state index contributed by atoms with van der Waals surface area (Å²) in [6, 6.07) is 0. The molecule has 1 unspecified atom stereocenters. The molecule has 0 bridgehead atoms. The van der Waals surface area contributed by atoms with Crippen molar-refractivity contribution in [1.29, 1.82) is 0 Å². The van der Waals surface area contributed by atoms with Crippen molar-refractivity contribution in [1.82, 2.24) is 10.5 Å². The third kappa shape index (κ3) is 4.34. The lowest BCUT2D eigenvalue weighted by atomic mass is 10.1. The van der Waals surface area contributed by atoms with Crippen LogP contribution >= 0.6 is 11.8 Å². The number of aliphatic hydroxyl groups is 1. The smallest absolute Gasteiger partial charge is 0.224 e. The van der Waals surface area contributed by atoms with E-state index < -0.39 is 5.60 Å². The topological polar surface area (TPSA) is 75.4 Å². The van der Waals surface area contributed by atoms with Crippen LogP contribution in [0.3, 0.4) is 0 Å². The van der Waals surface area contributed by atoms with Crippen LogP contribution < -0.4 is 5.32 Å². The minimum absolute atomic E-state index is 0.134. The van der Waals surface area contributed by atoms with Crippen molar-refractivity contribution in [2.75, 3.05) is 18.6 Å². The van der Waals surface area contributed by atoms with E-state index in [-0.39, 0.29) is 18.9 Å². The molecule has 1 aromatic heterocycles. The van der Waals surface area contributed by atoms with E-state index in [1.807, 2.05) is 13.2 Å². The second-order valence-corrected chi connectivity index (χ2v) is 5.55. The van der Waals surface area contributed by atoms with Crippen LogP contribution in [-0.2, 0) is 11.2 Å². The molecule has 1 heterocycles. The molecule has 0 aliphatic heterocycles. The summed E-state index contributed by atoms with van der Waals surface area (Å²) >= 11 is 1.54. The summed E-state index contributed by atoms with van der Waals surface area (Å²) in [6.45, 7) is 5.55. The van der Waals surface area contributed by atoms with Gasteiger partial charge in [0.25, 0.3) is 0 Å². The van der Waals surface area contributed by atoms with Gasteiger partial charge in [-0.3, -0.25) is 4.79 Å². The van der Waals surface area contributed by atoms with Crippen molar-refractivity contribution < 1.29 is 14.4 Å². The first kappa shape index (κ1) is 15.0. The third-order valence-electron chi connectivity index (χ3n) is 2.64. The highest BCUT2D eigenvalue weighted by Crippen LogP contribution is 2.13. The summed E-state index contributed by atoms with van der Waals surface area (Å²) in [6.07, 6.45) is 2.15. The normalized spacial score (nSPS) is 14.3. The van der Waals surface area contributed by atoms with Crippen LogP contribution in [0.5, 0.6) is 0 Å². The zero-order valence-corrected chi connectivity index (χ0v) is 12.1. The Balaban J connectivity index is 2.48. The Labute approximate surface area is 111 Å². The Morgan fingerprint density at radius 3 is 2.72 bits per heavy atom. The van der Waals surface area contributed by atoms with E-state index in [1.54, 1.807) is 25.6 Å². The lowest BCUT2D eigenvalue weighted by molar-refractivity contribution is -0.121. The molecule has 5 nitrogen and oxygen atoms in total. The molecule has 0 fully saturated rings. The lowest BCUT2D eigenvalue weighted by Crippen LogP contribution is -2.43. The fourth-order valence-corrected chi connectivity index (χ4v) is 2.35. The number of thioether (sulfide) groups is 1. The molecule has 6 heteroatoms. The van der Waals surface area contributed by atoms with Gasteiger partial charge in [-0.15, -0.1) is 0 Å². The first-order chi connectivity index (χ1) is 8.35. The van der Waals surface area contributed by atoms with Crippen LogP contribution in [0.1, 0.15) is 23.9 Å². The molecule has 0 saturated heterocycles. The van der Waals surface area contributed by atoms with E-state index in [0.29, 0.717) is 11.5 Å². The molecule has 0 aromatic carbocycles. The Bertz CT molecular complexity index is 396. The Morgan fingerprint density at radius 1 is 1.56 bits per heavy atom. The lowest BCUT2D eigenvalue weighted by Gasteiger charge is -2.22. The number of aromatic nitrogens is 1. The van der Waals surface area contributed by atoms with E-state index in [2.05, 4.69) is 10.5 Å². The van der Waals surface area contributed by atoms with E-state index in [1.165, 1.54) is 0 Å². The van der Waals surface area contributed by atoms with E-state index in [4.69, 9.17) is 4.52 Å². The van der Waals surface area contributed by atoms with Crippen molar-refractivity contribution in [3.8, 4) is 0 Å². The highest BCUT2D eigenvalue weighted by atomic mass is 32.2. The van der Waals surface area contributed by atoms with Crippen LogP contribution in [0.4, 0.5) is 0 Å². The molecular weight excluding hydrogens is 252 g/mol. The standard InChI is InChI=1S/C12H20N2O3S/c1-8-10(9(2)17-14-8)5-11(15)13-6-12(3,16)7-18-4/h16H,5-7H2,1-4H3,(H,13,15). The van der Waals surface area contributed by atoms with Crippen molar-refractivity contribution in [2.24, 2.45) is 0 Å². The predicted molar refractivity (Wildman–Crippen MR) is 71.7 cm³/mol. The quantitative estimate of drug-likeness (QED) is 0.810. The monoisotopic (exact) mass is 272 g/mol. The molecule has 102 valence electrons. The number of carbonyl (C=O) groups is 1. The molecule has 0 spiro atoms. The van der Waals surface area contributed by atoms with Gasteiger partial charge in [0.2, 0.25) is 5.91 Å². The number of hydrogen-bond acceptors (Lipinski definition) is 5. The maximum absolute atomic E-state index is 11.8. The molecule has 0 aliphatic carbocycles. The van der Waals surface area contributed by atoms with Gasteiger partial charge in [0.05, 0.1) is 17.7 Å². The van der Waals surface area contributed by atoms with Gasteiger partial charge in [-0.25, -0.2) is 0 Å². The van der Waals surface area contributed by atoms with Crippen molar-refractivity contribution in [3.05, 3.63) is 17.0 Å². The van der Waals surface area contributed by atoms with Crippen molar-refractivity contribution in [3.63, 3.8) is 0 Å². The minimum Gasteiger partial charge on any atom is -0.387 e. The first-order valence-electron chi connectivity index (χ1n) is 5.75. The SMILES string of the molecule is CSCC(C)(O)CNC(=O)Cc1c(C)noc1C. The van der Waals surface area contributed by atoms with Gasteiger partial charge >= 0.3 is 0 Å². The summed E-state index contributed by atoms with van der Waals surface area (Å²) in [4.78, 5) is 11.8. The van der Waals surface area contributed by atoms with Gasteiger partial charge < -0.3 is 14.9 Å². The van der Waals surface area contributed by atoms with Gasteiger partial charge in [-0.1, -0.05) is 5.16 Å². The maximum atomic E-state index is 11.8. The Hall–Kier alpha value is -1.01. The number of aryl methyl sites for hydroxylation is 2. The molecule has 1 amide bonds. The van der Waals surface area contributed by atoms with E-state index in [9.17, 15) is 9.90 Å². The summed E-state index contributed by atoms with van der Waals surface area (Å²) in [5.74, 6) is 1.11. The third-order valence-corrected chi connectivity index (χ3v) is 3.55. The highest BCUT2D eigenvalue weighted by Gasteiger charge is 2.21. The predicted octanol–water partition coefficient (Wildman–Crippen LogP) is 1.06. The average Bonchev–Trinajstić information content (AvgIpc) is 2.58. The molecular formula is C12H20N2O3S. The van der Waals surface area contributed by atoms with Gasteiger partial charge in [0.1, 0.15) is 5.76 Å². The van der Waals surface area contributed by atoms with Gasteiger partial charge in [-0.2, -0.15) is 11.8 Å². The minimum atomic E-state index is -0.881. The number of nitrogens with zero attached hydrogens (tertiary/aromatic N) is 1. The second kappa shape index (κ2) is 6.24. The van der Waals surface area contributed by atoms with Gasteiger partial charge in [0, 0.05) is 17.9 Å². The summed E-state index contributed by atoms with van der Waals surface area (Å²) < 4.78 is 5.00.